The normalized spacial score (nSPS) is 12.6. The minimum Gasteiger partial charge on any atom is -0.480 e. The first kappa shape index (κ1) is 24.6. The first-order valence-electron chi connectivity index (χ1n) is 10.1. The van der Waals surface area contributed by atoms with E-state index in [9.17, 15) is 24.3 Å². The Hall–Kier alpha value is -3.66. The number of hydrogen-bond donors (Lipinski definition) is 4. The van der Waals surface area contributed by atoms with Gasteiger partial charge in [0.15, 0.2) is 0 Å². The molecule has 4 N–H and O–H groups in total. The third kappa shape index (κ3) is 7.55. The highest BCUT2D eigenvalue weighted by Gasteiger charge is 2.26. The van der Waals surface area contributed by atoms with Crippen molar-refractivity contribution in [1.82, 2.24) is 20.7 Å². The molecule has 0 aliphatic carbocycles. The summed E-state index contributed by atoms with van der Waals surface area (Å²) in [7, 11) is 0. The largest absolute Gasteiger partial charge is 0.480 e. The quantitative estimate of drug-likeness (QED) is 0.383. The Morgan fingerprint density at radius 1 is 1.03 bits per heavy atom. The second-order valence-corrected chi connectivity index (χ2v) is 7.64. The molecule has 3 amide bonds. The van der Waals surface area contributed by atoms with Crippen molar-refractivity contribution in [3.8, 4) is 0 Å². The van der Waals surface area contributed by atoms with Crippen LogP contribution in [0.15, 0.2) is 48.8 Å². The molecule has 2 rings (SSSR count). The van der Waals surface area contributed by atoms with Gasteiger partial charge in [0, 0.05) is 12.4 Å². The van der Waals surface area contributed by atoms with Crippen molar-refractivity contribution < 1.29 is 29.1 Å². The molecule has 2 aromatic rings. The number of carboxylic acids is 1. The lowest BCUT2D eigenvalue weighted by atomic mass is 10.0. The molecule has 0 fully saturated rings. The van der Waals surface area contributed by atoms with Crippen molar-refractivity contribution >= 4 is 23.7 Å². The fourth-order valence-electron chi connectivity index (χ4n) is 2.78. The van der Waals surface area contributed by atoms with Gasteiger partial charge < -0.3 is 20.3 Å². The molecular formula is C22H28N4O6. The second kappa shape index (κ2) is 11.7. The highest BCUT2D eigenvalue weighted by atomic mass is 16.6. The molecule has 172 valence electrons. The van der Waals surface area contributed by atoms with Gasteiger partial charge in [-0.05, 0) is 24.5 Å². The van der Waals surface area contributed by atoms with E-state index in [-0.39, 0.29) is 24.6 Å². The SMILES string of the molecule is CC(C)[C@H](NC(=O)[C@H](C)NC(=O)c1ccn(CC(=O)NOCc2ccccc2)c1)C(=O)O. The molecule has 0 aliphatic heterocycles. The summed E-state index contributed by atoms with van der Waals surface area (Å²) in [4.78, 5) is 53.0. The first-order valence-corrected chi connectivity index (χ1v) is 10.1. The summed E-state index contributed by atoms with van der Waals surface area (Å²) in [6, 6.07) is 8.87. The lowest BCUT2D eigenvalue weighted by Gasteiger charge is -2.21. The van der Waals surface area contributed by atoms with Crippen LogP contribution < -0.4 is 16.1 Å². The maximum absolute atomic E-state index is 12.4. The van der Waals surface area contributed by atoms with E-state index in [0.717, 1.165) is 5.56 Å². The van der Waals surface area contributed by atoms with Crippen molar-refractivity contribution in [2.45, 2.75) is 46.0 Å². The first-order chi connectivity index (χ1) is 15.2. The van der Waals surface area contributed by atoms with Crippen LogP contribution >= 0.6 is 0 Å². The Bertz CT molecular complexity index is 941. The maximum Gasteiger partial charge on any atom is 0.326 e. The standard InChI is InChI=1S/C22H28N4O6/c1-14(2)19(22(30)31)24-20(28)15(3)23-21(29)17-9-10-26(11-17)12-18(27)25-32-13-16-7-5-4-6-8-16/h4-11,14-15,19H,12-13H2,1-3H3,(H,23,29)(H,24,28)(H,25,27)(H,30,31)/t15-,19-/m0/s1. The Morgan fingerprint density at radius 3 is 2.34 bits per heavy atom. The molecule has 10 heteroatoms. The van der Waals surface area contributed by atoms with Crippen LogP contribution in [-0.4, -0.2) is 45.4 Å². The molecule has 0 unspecified atom stereocenters. The van der Waals surface area contributed by atoms with E-state index in [0.29, 0.717) is 0 Å². The van der Waals surface area contributed by atoms with Crippen LogP contribution in [0.3, 0.4) is 0 Å². The second-order valence-electron chi connectivity index (χ2n) is 7.64. The maximum atomic E-state index is 12.4. The van der Waals surface area contributed by atoms with E-state index in [1.54, 1.807) is 20.0 Å². The molecule has 32 heavy (non-hydrogen) atoms. The summed E-state index contributed by atoms with van der Waals surface area (Å²) in [5.74, 6) is -2.98. The minimum absolute atomic E-state index is 0.0627. The van der Waals surface area contributed by atoms with Gasteiger partial charge in [0.05, 0.1) is 12.2 Å². The summed E-state index contributed by atoms with van der Waals surface area (Å²) in [5.41, 5.74) is 3.50. The number of nitrogens with one attached hydrogen (secondary N) is 3. The van der Waals surface area contributed by atoms with Gasteiger partial charge in [-0.25, -0.2) is 10.3 Å². The van der Waals surface area contributed by atoms with Gasteiger partial charge in [0.1, 0.15) is 18.6 Å². The molecule has 1 aromatic carbocycles. The van der Waals surface area contributed by atoms with Gasteiger partial charge in [-0.3, -0.25) is 19.2 Å². The van der Waals surface area contributed by atoms with E-state index in [1.807, 2.05) is 30.3 Å². The molecule has 0 bridgehead atoms. The summed E-state index contributed by atoms with van der Waals surface area (Å²) < 4.78 is 1.50. The summed E-state index contributed by atoms with van der Waals surface area (Å²) in [5, 5.41) is 14.1. The summed E-state index contributed by atoms with van der Waals surface area (Å²) in [6.07, 6.45) is 3.01. The van der Waals surface area contributed by atoms with Crippen LogP contribution in [0.2, 0.25) is 0 Å². The van der Waals surface area contributed by atoms with Gasteiger partial charge >= 0.3 is 5.97 Å². The number of carbonyl (C=O) groups excluding carboxylic acids is 3. The third-order valence-corrected chi connectivity index (χ3v) is 4.58. The fourth-order valence-corrected chi connectivity index (χ4v) is 2.78. The molecule has 0 saturated heterocycles. The monoisotopic (exact) mass is 444 g/mol. The Balaban J connectivity index is 1.81. The Labute approximate surface area is 185 Å². The number of aliphatic carboxylic acids is 1. The van der Waals surface area contributed by atoms with Crippen LogP contribution in [-0.2, 0) is 32.4 Å². The van der Waals surface area contributed by atoms with Crippen molar-refractivity contribution in [3.63, 3.8) is 0 Å². The van der Waals surface area contributed by atoms with Gasteiger partial charge in [-0.15, -0.1) is 0 Å². The fraction of sp³-hybridized carbons (Fsp3) is 0.364. The van der Waals surface area contributed by atoms with Crippen molar-refractivity contribution in [3.05, 3.63) is 59.9 Å². The predicted molar refractivity (Wildman–Crippen MR) is 115 cm³/mol. The van der Waals surface area contributed by atoms with Gasteiger partial charge in [0.2, 0.25) is 5.91 Å². The highest BCUT2D eigenvalue weighted by Crippen LogP contribution is 2.05. The number of nitrogens with zero attached hydrogens (tertiary/aromatic N) is 1. The van der Waals surface area contributed by atoms with Crippen molar-refractivity contribution in [2.24, 2.45) is 5.92 Å². The predicted octanol–water partition coefficient (Wildman–Crippen LogP) is 1.08. The van der Waals surface area contributed by atoms with E-state index in [1.165, 1.54) is 23.8 Å². The van der Waals surface area contributed by atoms with E-state index >= 15 is 0 Å². The zero-order chi connectivity index (χ0) is 23.7. The van der Waals surface area contributed by atoms with E-state index in [4.69, 9.17) is 4.84 Å². The third-order valence-electron chi connectivity index (χ3n) is 4.58. The average molecular weight is 444 g/mol. The number of benzene rings is 1. The number of hydroxylamine groups is 1. The molecule has 10 nitrogen and oxygen atoms in total. The molecule has 0 saturated carbocycles. The highest BCUT2D eigenvalue weighted by molar-refractivity contribution is 5.98. The smallest absolute Gasteiger partial charge is 0.326 e. The van der Waals surface area contributed by atoms with Gasteiger partial charge in [0.25, 0.3) is 11.8 Å². The molecule has 0 aliphatic rings. The lowest BCUT2D eigenvalue weighted by Crippen LogP contribution is -2.52. The number of amides is 3. The van der Waals surface area contributed by atoms with Crippen molar-refractivity contribution in [2.75, 3.05) is 0 Å². The topological polar surface area (TPSA) is 139 Å². The lowest BCUT2D eigenvalue weighted by molar-refractivity contribution is -0.143. The molecule has 1 heterocycles. The Kier molecular flexibility index (Phi) is 8.96. The van der Waals surface area contributed by atoms with Gasteiger partial charge in [-0.2, -0.15) is 0 Å². The molecule has 0 radical (unpaired) electrons. The number of rotatable bonds is 11. The number of carbonyl (C=O) groups is 4. The van der Waals surface area contributed by atoms with Gasteiger partial charge in [-0.1, -0.05) is 44.2 Å². The Morgan fingerprint density at radius 2 is 1.72 bits per heavy atom. The van der Waals surface area contributed by atoms with Crippen molar-refractivity contribution in [1.29, 1.82) is 0 Å². The number of carboxylic acid groups (broad SMARTS) is 1. The summed E-state index contributed by atoms with van der Waals surface area (Å²) in [6.45, 7) is 4.97. The van der Waals surface area contributed by atoms with Crippen LogP contribution in [0.5, 0.6) is 0 Å². The number of hydrogen-bond acceptors (Lipinski definition) is 5. The number of aromatic nitrogens is 1. The average Bonchev–Trinajstić information content (AvgIpc) is 3.20. The van der Waals surface area contributed by atoms with Crippen LogP contribution in [0.4, 0.5) is 0 Å². The van der Waals surface area contributed by atoms with E-state index in [2.05, 4.69) is 16.1 Å². The van der Waals surface area contributed by atoms with Crippen LogP contribution in [0.25, 0.3) is 0 Å². The zero-order valence-electron chi connectivity index (χ0n) is 18.2. The molecule has 0 spiro atoms. The van der Waals surface area contributed by atoms with E-state index < -0.39 is 35.8 Å². The van der Waals surface area contributed by atoms with Crippen LogP contribution in [0.1, 0.15) is 36.7 Å². The molecule has 1 aromatic heterocycles. The van der Waals surface area contributed by atoms with Crippen LogP contribution in [0, 0.1) is 5.92 Å². The summed E-state index contributed by atoms with van der Waals surface area (Å²) >= 11 is 0. The molecular weight excluding hydrogens is 416 g/mol. The minimum atomic E-state index is -1.14. The molecule has 2 atom stereocenters. The zero-order valence-corrected chi connectivity index (χ0v) is 18.2.